The second-order valence-corrected chi connectivity index (χ2v) is 6.64. The Kier molecular flexibility index (Phi) is 5.14. The molecule has 0 radical (unpaired) electrons. The van der Waals surface area contributed by atoms with Crippen LogP contribution in [0.5, 0.6) is 5.75 Å². The summed E-state index contributed by atoms with van der Waals surface area (Å²) in [6.07, 6.45) is 0. The highest BCUT2D eigenvalue weighted by Gasteiger charge is 2.28. The summed E-state index contributed by atoms with van der Waals surface area (Å²) >= 11 is 0. The maximum Gasteiger partial charge on any atom is 0.188 e. The second-order valence-electron chi connectivity index (χ2n) is 6.64. The Morgan fingerprint density at radius 1 is 1.15 bits per heavy atom. The lowest BCUT2D eigenvalue weighted by Crippen LogP contribution is -2.45. The number of benzene rings is 1. The lowest BCUT2D eigenvalue weighted by atomic mass is 10.2. The van der Waals surface area contributed by atoms with Crippen LogP contribution in [0.15, 0.2) is 24.3 Å². The molecule has 0 saturated carbocycles. The minimum absolute atomic E-state index is 0.213. The Bertz CT molecular complexity index is 837. The molecule has 8 nitrogen and oxygen atoms in total. The van der Waals surface area contributed by atoms with E-state index >= 15 is 0 Å². The lowest BCUT2D eigenvalue weighted by Gasteiger charge is -2.34. The third kappa shape index (κ3) is 3.44. The van der Waals surface area contributed by atoms with E-state index in [1.165, 1.54) is 0 Å². The van der Waals surface area contributed by atoms with Crippen molar-refractivity contribution in [3.63, 3.8) is 0 Å². The standard InChI is InChI=1S/C19H24N6O2/c1-26-14-27-17-5-3-2-4-16(17)24-10-11-25-18(13-24)22-15(12-20)19(25)23-8-6-21-7-9-23/h2-5,21H,6-11,13-14H2,1H3. The number of para-hydroxylation sites is 2. The Hall–Kier alpha value is -2.76. The van der Waals surface area contributed by atoms with Gasteiger partial charge in [-0.05, 0) is 12.1 Å². The summed E-state index contributed by atoms with van der Waals surface area (Å²) in [7, 11) is 1.61. The van der Waals surface area contributed by atoms with E-state index in [4.69, 9.17) is 9.47 Å². The smallest absolute Gasteiger partial charge is 0.188 e. The predicted octanol–water partition coefficient (Wildman–Crippen LogP) is 1.17. The number of hydrogen-bond acceptors (Lipinski definition) is 7. The molecule has 0 atom stereocenters. The Morgan fingerprint density at radius 2 is 1.96 bits per heavy atom. The Balaban J connectivity index is 1.61. The van der Waals surface area contributed by atoms with Crippen molar-refractivity contribution in [3.05, 3.63) is 35.8 Å². The number of hydrogen-bond donors (Lipinski definition) is 1. The first kappa shape index (κ1) is 17.6. The molecule has 1 aromatic carbocycles. The third-order valence-corrected chi connectivity index (χ3v) is 5.01. The zero-order valence-electron chi connectivity index (χ0n) is 15.5. The number of nitriles is 1. The molecule has 27 heavy (non-hydrogen) atoms. The lowest BCUT2D eigenvalue weighted by molar-refractivity contribution is 0.0514. The van der Waals surface area contributed by atoms with Crippen LogP contribution in [0, 0.1) is 11.3 Å². The van der Waals surface area contributed by atoms with Crippen LogP contribution in [0.2, 0.25) is 0 Å². The summed E-state index contributed by atoms with van der Waals surface area (Å²) in [4.78, 5) is 9.17. The van der Waals surface area contributed by atoms with Crippen LogP contribution >= 0.6 is 0 Å². The van der Waals surface area contributed by atoms with Gasteiger partial charge in [-0.2, -0.15) is 5.26 Å². The molecule has 1 N–H and O–H groups in total. The molecular weight excluding hydrogens is 344 g/mol. The first-order chi connectivity index (χ1) is 13.3. The second kappa shape index (κ2) is 7.86. The average Bonchev–Trinajstić information content (AvgIpc) is 3.11. The van der Waals surface area contributed by atoms with E-state index in [0.29, 0.717) is 12.2 Å². The molecule has 142 valence electrons. The molecule has 2 aliphatic rings. The summed E-state index contributed by atoms with van der Waals surface area (Å²) in [5, 5.41) is 13.0. The van der Waals surface area contributed by atoms with Gasteiger partial charge in [0.25, 0.3) is 0 Å². The van der Waals surface area contributed by atoms with Gasteiger partial charge in [-0.3, -0.25) is 0 Å². The van der Waals surface area contributed by atoms with E-state index in [-0.39, 0.29) is 6.79 Å². The molecule has 2 aromatic rings. The number of anilines is 2. The first-order valence-corrected chi connectivity index (χ1v) is 9.22. The van der Waals surface area contributed by atoms with Crippen molar-refractivity contribution < 1.29 is 9.47 Å². The largest absolute Gasteiger partial charge is 0.465 e. The van der Waals surface area contributed by atoms with E-state index in [9.17, 15) is 5.26 Å². The molecule has 1 fully saturated rings. The number of aromatic nitrogens is 2. The molecular formula is C19H24N6O2. The average molecular weight is 368 g/mol. The highest BCUT2D eigenvalue weighted by Crippen LogP contribution is 2.33. The first-order valence-electron chi connectivity index (χ1n) is 9.22. The molecule has 0 spiro atoms. The van der Waals surface area contributed by atoms with Gasteiger partial charge in [-0.25, -0.2) is 4.98 Å². The summed E-state index contributed by atoms with van der Waals surface area (Å²) < 4.78 is 13.0. The Labute approximate surface area is 158 Å². The normalized spacial score (nSPS) is 16.7. The fourth-order valence-electron chi connectivity index (χ4n) is 3.76. The van der Waals surface area contributed by atoms with Crippen molar-refractivity contribution in [3.8, 4) is 11.8 Å². The molecule has 0 bridgehead atoms. The molecule has 1 aromatic heterocycles. The van der Waals surface area contributed by atoms with Gasteiger partial charge in [0.15, 0.2) is 12.5 Å². The van der Waals surface area contributed by atoms with Gasteiger partial charge in [0.1, 0.15) is 23.5 Å². The maximum atomic E-state index is 9.61. The number of piperazine rings is 1. The molecule has 4 rings (SSSR count). The van der Waals surface area contributed by atoms with Crippen LogP contribution in [0.1, 0.15) is 11.5 Å². The molecule has 1 saturated heterocycles. The zero-order chi connectivity index (χ0) is 18.6. The number of fused-ring (bicyclic) bond motifs is 1. The van der Waals surface area contributed by atoms with Crippen molar-refractivity contribution in [1.82, 2.24) is 14.9 Å². The molecule has 0 amide bonds. The van der Waals surface area contributed by atoms with Crippen LogP contribution in [-0.2, 0) is 17.8 Å². The minimum Gasteiger partial charge on any atom is -0.465 e. The molecule has 3 heterocycles. The number of nitrogens with one attached hydrogen (secondary N) is 1. The van der Waals surface area contributed by atoms with E-state index in [1.54, 1.807) is 7.11 Å². The van der Waals surface area contributed by atoms with E-state index in [2.05, 4.69) is 30.7 Å². The number of imidazole rings is 1. The van der Waals surface area contributed by atoms with E-state index < -0.39 is 0 Å². The molecule has 0 unspecified atom stereocenters. The van der Waals surface area contributed by atoms with Crippen molar-refractivity contribution in [1.29, 1.82) is 5.26 Å². The molecule has 8 heteroatoms. The topological polar surface area (TPSA) is 78.6 Å². The van der Waals surface area contributed by atoms with Gasteiger partial charge in [0, 0.05) is 46.4 Å². The van der Waals surface area contributed by atoms with Crippen molar-refractivity contribution in [2.45, 2.75) is 13.1 Å². The van der Waals surface area contributed by atoms with Crippen molar-refractivity contribution in [2.24, 2.45) is 0 Å². The summed E-state index contributed by atoms with van der Waals surface area (Å²) in [5.74, 6) is 2.69. The quantitative estimate of drug-likeness (QED) is 0.794. The SMILES string of the molecule is COCOc1ccccc1N1CCn2c(nc(C#N)c2N2CCNCC2)C1. The predicted molar refractivity (Wildman–Crippen MR) is 102 cm³/mol. The maximum absolute atomic E-state index is 9.61. The fraction of sp³-hybridized carbons (Fsp3) is 0.474. The number of nitrogens with zero attached hydrogens (tertiary/aromatic N) is 5. The van der Waals surface area contributed by atoms with Gasteiger partial charge < -0.3 is 29.2 Å². The van der Waals surface area contributed by atoms with Crippen LogP contribution in [-0.4, -0.2) is 56.2 Å². The summed E-state index contributed by atoms with van der Waals surface area (Å²) in [5.41, 5.74) is 1.55. The monoisotopic (exact) mass is 368 g/mol. The molecule has 0 aliphatic carbocycles. The van der Waals surface area contributed by atoms with Crippen LogP contribution in [0.25, 0.3) is 0 Å². The number of ether oxygens (including phenoxy) is 2. The third-order valence-electron chi connectivity index (χ3n) is 5.01. The van der Waals surface area contributed by atoms with E-state index in [0.717, 1.165) is 62.3 Å². The highest BCUT2D eigenvalue weighted by molar-refractivity contribution is 5.60. The zero-order valence-corrected chi connectivity index (χ0v) is 15.5. The summed E-state index contributed by atoms with van der Waals surface area (Å²) in [6.45, 7) is 6.15. The van der Waals surface area contributed by atoms with Gasteiger partial charge in [-0.15, -0.1) is 0 Å². The van der Waals surface area contributed by atoms with Gasteiger partial charge >= 0.3 is 0 Å². The Morgan fingerprint density at radius 3 is 2.74 bits per heavy atom. The van der Waals surface area contributed by atoms with Gasteiger partial charge in [-0.1, -0.05) is 12.1 Å². The van der Waals surface area contributed by atoms with Crippen LogP contribution in [0.3, 0.4) is 0 Å². The van der Waals surface area contributed by atoms with E-state index in [1.807, 2.05) is 24.3 Å². The fourth-order valence-corrected chi connectivity index (χ4v) is 3.76. The minimum atomic E-state index is 0.213. The summed E-state index contributed by atoms with van der Waals surface area (Å²) in [6, 6.07) is 10.2. The van der Waals surface area contributed by atoms with Crippen LogP contribution < -0.4 is 19.9 Å². The molecule has 2 aliphatic heterocycles. The van der Waals surface area contributed by atoms with Gasteiger partial charge in [0.2, 0.25) is 0 Å². The van der Waals surface area contributed by atoms with Gasteiger partial charge in [0.05, 0.1) is 12.2 Å². The van der Waals surface area contributed by atoms with Crippen LogP contribution in [0.4, 0.5) is 11.5 Å². The highest BCUT2D eigenvalue weighted by atomic mass is 16.7. The number of methoxy groups -OCH3 is 1. The van der Waals surface area contributed by atoms with Crippen molar-refractivity contribution in [2.75, 3.05) is 56.4 Å². The van der Waals surface area contributed by atoms with Crippen molar-refractivity contribution >= 4 is 11.5 Å². The number of rotatable bonds is 5.